The molecule has 0 N–H and O–H groups in total. The molecule has 1 heterocycles. The van der Waals surface area contributed by atoms with E-state index in [2.05, 4.69) is 13.2 Å². The quantitative estimate of drug-likeness (QED) is 0.197. The smallest absolute Gasteiger partial charge is 0.201 e. The molecule has 0 unspecified atom stereocenters. The van der Waals surface area contributed by atoms with Gasteiger partial charge in [0.2, 0.25) is 5.82 Å². The number of halogens is 5. The van der Waals surface area contributed by atoms with Crippen LogP contribution in [0.1, 0.15) is 48.9 Å². The summed E-state index contributed by atoms with van der Waals surface area (Å²) in [4.78, 5) is 0. The minimum Gasteiger partial charge on any atom is -0.486 e. The Morgan fingerprint density at radius 1 is 0.938 bits per heavy atom. The van der Waals surface area contributed by atoms with E-state index in [9.17, 15) is 17.6 Å². The highest BCUT2D eigenvalue weighted by molar-refractivity contribution is 5.53. The van der Waals surface area contributed by atoms with Gasteiger partial charge in [-0.3, -0.25) is 0 Å². The first-order chi connectivity index (χ1) is 15.2. The maximum atomic E-state index is 15.0. The maximum absolute atomic E-state index is 15.0. The van der Waals surface area contributed by atoms with Crippen LogP contribution in [0.15, 0.2) is 54.3 Å². The van der Waals surface area contributed by atoms with Crippen molar-refractivity contribution >= 4 is 0 Å². The van der Waals surface area contributed by atoms with Crippen molar-refractivity contribution in [1.82, 2.24) is 0 Å². The Hall–Kier alpha value is -3.09. The predicted octanol–water partition coefficient (Wildman–Crippen LogP) is 7.90. The molecule has 0 fully saturated rings. The molecule has 32 heavy (non-hydrogen) atoms. The van der Waals surface area contributed by atoms with Crippen LogP contribution in [0.5, 0.6) is 11.5 Å². The number of aryl methyl sites for hydroxylation is 1. The number of hydrogen-bond acceptors (Lipinski definition) is 2. The Bertz CT molecular complexity index is 1120. The molecule has 0 saturated carbocycles. The van der Waals surface area contributed by atoms with Crippen LogP contribution in [0.3, 0.4) is 0 Å². The summed E-state index contributed by atoms with van der Waals surface area (Å²) in [7, 11) is 0. The fraction of sp³-hybridized carbons (Fsp3) is 0.280. The lowest BCUT2D eigenvalue weighted by Gasteiger charge is -2.23. The van der Waals surface area contributed by atoms with Crippen molar-refractivity contribution in [3.05, 3.63) is 94.0 Å². The zero-order valence-corrected chi connectivity index (χ0v) is 17.9. The Morgan fingerprint density at radius 3 is 2.28 bits per heavy atom. The minimum atomic E-state index is -1.32. The van der Waals surface area contributed by atoms with E-state index in [-0.39, 0.29) is 41.0 Å². The summed E-state index contributed by atoms with van der Waals surface area (Å²) in [5, 5.41) is 0. The first-order valence-corrected chi connectivity index (χ1v) is 10.2. The van der Waals surface area contributed by atoms with Gasteiger partial charge in [-0.15, -0.1) is 0 Å². The van der Waals surface area contributed by atoms with Crippen molar-refractivity contribution < 1.29 is 31.4 Å². The molecule has 2 nitrogen and oxygen atoms in total. The standard InChI is InChI=1S/C25H23F5O2/c1-5-7-15-10-18-11-16-8-9-17(12-31-14(4)20(27)19(26)13(3)6-2)22(29)24(16)32-25(18)23(30)21(15)28/h8-10H,3-7,11-12H2,1-2H3/b20-19-. The van der Waals surface area contributed by atoms with Crippen molar-refractivity contribution in [2.45, 2.75) is 46.1 Å². The molecule has 1 aliphatic rings. The Kier molecular flexibility index (Phi) is 7.06. The Morgan fingerprint density at radius 2 is 1.62 bits per heavy atom. The van der Waals surface area contributed by atoms with Gasteiger partial charge in [0.25, 0.3) is 0 Å². The van der Waals surface area contributed by atoms with Crippen molar-refractivity contribution in [2.24, 2.45) is 0 Å². The van der Waals surface area contributed by atoms with Gasteiger partial charge < -0.3 is 9.47 Å². The van der Waals surface area contributed by atoms with Gasteiger partial charge in [-0.2, -0.15) is 8.78 Å². The van der Waals surface area contributed by atoms with E-state index in [0.29, 0.717) is 24.0 Å². The van der Waals surface area contributed by atoms with Crippen molar-refractivity contribution in [3.8, 4) is 11.5 Å². The molecule has 1 aliphatic heterocycles. The van der Waals surface area contributed by atoms with Gasteiger partial charge in [0, 0.05) is 23.1 Å². The van der Waals surface area contributed by atoms with E-state index in [4.69, 9.17) is 9.47 Å². The monoisotopic (exact) mass is 450 g/mol. The fourth-order valence-corrected chi connectivity index (χ4v) is 3.38. The number of ether oxygens (including phenoxy) is 2. The van der Waals surface area contributed by atoms with Crippen LogP contribution in [-0.2, 0) is 24.2 Å². The van der Waals surface area contributed by atoms with E-state index >= 15 is 4.39 Å². The summed E-state index contributed by atoms with van der Waals surface area (Å²) in [5.74, 6) is -6.76. The third kappa shape index (κ3) is 4.42. The second-order valence-electron chi connectivity index (χ2n) is 7.50. The van der Waals surface area contributed by atoms with Gasteiger partial charge in [-0.1, -0.05) is 45.6 Å². The topological polar surface area (TPSA) is 18.5 Å². The molecule has 170 valence electrons. The average Bonchev–Trinajstić information content (AvgIpc) is 2.79. The van der Waals surface area contributed by atoms with Gasteiger partial charge in [0.15, 0.2) is 40.5 Å². The average molecular weight is 450 g/mol. The third-order valence-electron chi connectivity index (χ3n) is 5.25. The van der Waals surface area contributed by atoms with Crippen LogP contribution >= 0.6 is 0 Å². The molecular weight excluding hydrogens is 427 g/mol. The van der Waals surface area contributed by atoms with Crippen molar-refractivity contribution in [3.63, 3.8) is 0 Å². The molecule has 0 amide bonds. The second-order valence-corrected chi connectivity index (χ2v) is 7.50. The number of allylic oxidation sites excluding steroid dienone is 3. The molecule has 2 aromatic carbocycles. The van der Waals surface area contributed by atoms with Gasteiger partial charge in [-0.25, -0.2) is 13.2 Å². The summed E-state index contributed by atoms with van der Waals surface area (Å²) in [5.41, 5.74) is 1.01. The molecular formula is C25H23F5O2. The van der Waals surface area contributed by atoms with E-state index in [1.807, 2.05) is 6.92 Å². The number of fused-ring (bicyclic) bond motifs is 2. The molecule has 0 bridgehead atoms. The minimum absolute atomic E-state index is 0.0423. The highest BCUT2D eigenvalue weighted by Crippen LogP contribution is 2.42. The van der Waals surface area contributed by atoms with Gasteiger partial charge in [0.1, 0.15) is 6.61 Å². The van der Waals surface area contributed by atoms with E-state index < -0.39 is 41.5 Å². The van der Waals surface area contributed by atoms with Crippen LogP contribution in [0.4, 0.5) is 22.0 Å². The van der Waals surface area contributed by atoms with Gasteiger partial charge >= 0.3 is 0 Å². The molecule has 0 spiro atoms. The summed E-state index contributed by atoms with van der Waals surface area (Å²) < 4.78 is 82.3. The van der Waals surface area contributed by atoms with Gasteiger partial charge in [-0.05, 0) is 30.0 Å². The Balaban J connectivity index is 1.84. The first kappa shape index (κ1) is 23.6. The van der Waals surface area contributed by atoms with Crippen LogP contribution in [0.25, 0.3) is 0 Å². The summed E-state index contributed by atoms with van der Waals surface area (Å²) in [6.45, 7) is 9.71. The SMILES string of the molecule is C=C(CC)/C(F)=C(/F)C(=C)OCc1ccc2c(c1F)Oc1c(cc(CCC)c(F)c1F)C2. The largest absolute Gasteiger partial charge is 0.486 e. The van der Waals surface area contributed by atoms with Gasteiger partial charge in [0.05, 0.1) is 0 Å². The summed E-state index contributed by atoms with van der Waals surface area (Å²) >= 11 is 0. The molecule has 2 aromatic rings. The molecule has 0 radical (unpaired) electrons. The lowest BCUT2D eigenvalue weighted by Crippen LogP contribution is -2.11. The first-order valence-electron chi connectivity index (χ1n) is 10.2. The fourth-order valence-electron chi connectivity index (χ4n) is 3.38. The van der Waals surface area contributed by atoms with Crippen LogP contribution < -0.4 is 4.74 Å². The predicted molar refractivity (Wildman–Crippen MR) is 112 cm³/mol. The normalized spacial score (nSPS) is 13.0. The maximum Gasteiger partial charge on any atom is 0.201 e. The number of rotatable bonds is 8. The van der Waals surface area contributed by atoms with Crippen molar-refractivity contribution in [2.75, 3.05) is 0 Å². The van der Waals surface area contributed by atoms with Crippen molar-refractivity contribution in [1.29, 1.82) is 0 Å². The zero-order valence-electron chi connectivity index (χ0n) is 17.9. The number of hydrogen-bond donors (Lipinski definition) is 0. The lowest BCUT2D eigenvalue weighted by molar-refractivity contribution is 0.190. The molecule has 0 aromatic heterocycles. The molecule has 0 saturated heterocycles. The second kappa shape index (κ2) is 9.59. The zero-order chi connectivity index (χ0) is 23.6. The molecule has 0 atom stereocenters. The molecule has 3 rings (SSSR count). The lowest BCUT2D eigenvalue weighted by atomic mass is 9.95. The summed E-state index contributed by atoms with van der Waals surface area (Å²) in [6, 6.07) is 4.51. The third-order valence-corrected chi connectivity index (χ3v) is 5.25. The molecule has 7 heteroatoms. The van der Waals surface area contributed by atoms with E-state index in [1.54, 1.807) is 13.0 Å². The highest BCUT2D eigenvalue weighted by atomic mass is 19.2. The van der Waals surface area contributed by atoms with Crippen LogP contribution in [0, 0.1) is 17.5 Å². The summed E-state index contributed by atoms with van der Waals surface area (Å²) in [6.07, 6.45) is 1.36. The van der Waals surface area contributed by atoms with E-state index in [0.717, 1.165) is 0 Å². The van der Waals surface area contributed by atoms with Crippen LogP contribution in [0.2, 0.25) is 0 Å². The molecule has 0 aliphatic carbocycles. The van der Waals surface area contributed by atoms with Crippen LogP contribution in [-0.4, -0.2) is 0 Å². The Labute approximate surface area is 183 Å². The van der Waals surface area contributed by atoms with E-state index in [1.165, 1.54) is 12.1 Å². The highest BCUT2D eigenvalue weighted by Gasteiger charge is 2.28. The number of benzene rings is 2.